The van der Waals surface area contributed by atoms with Gasteiger partial charge in [-0.15, -0.1) is 0 Å². The summed E-state index contributed by atoms with van der Waals surface area (Å²) in [4.78, 5) is 22.7. The fourth-order valence-electron chi connectivity index (χ4n) is 3.35. The fraction of sp³-hybridized carbons (Fsp3) is 0.0385. The van der Waals surface area contributed by atoms with Gasteiger partial charge in [-0.3, -0.25) is 0 Å². The molecule has 5 heteroatoms. The molecule has 2 heterocycles. The summed E-state index contributed by atoms with van der Waals surface area (Å²) in [7, 11) is 0. The van der Waals surface area contributed by atoms with Crippen LogP contribution in [-0.4, -0.2) is 24.9 Å². The Morgan fingerprint density at radius 3 is 1.42 bits per heavy atom. The summed E-state index contributed by atoms with van der Waals surface area (Å²) in [6, 6.07) is 28.0. The fourth-order valence-corrected chi connectivity index (χ4v) is 3.35. The topological polar surface area (TPSA) is 64.5 Å². The Hall–Kier alpha value is -4.25. The number of rotatable bonds is 4. The van der Waals surface area contributed by atoms with Crippen molar-refractivity contribution in [3.8, 4) is 45.3 Å². The van der Waals surface area contributed by atoms with Gasteiger partial charge in [0.1, 0.15) is 5.82 Å². The summed E-state index contributed by atoms with van der Waals surface area (Å²) in [5.74, 6) is 2.75. The smallest absolute Gasteiger partial charge is 0.163 e. The minimum absolute atomic E-state index is 0.661. The highest BCUT2D eigenvalue weighted by Crippen LogP contribution is 2.25. The highest BCUT2D eigenvalue weighted by molar-refractivity contribution is 5.68. The van der Waals surface area contributed by atoms with Crippen molar-refractivity contribution in [2.24, 2.45) is 0 Å². The third kappa shape index (κ3) is 4.07. The number of hydrogen-bond acceptors (Lipinski definition) is 5. The van der Waals surface area contributed by atoms with Gasteiger partial charge in [-0.2, -0.15) is 0 Å². The van der Waals surface area contributed by atoms with Crippen molar-refractivity contribution in [1.29, 1.82) is 0 Å². The summed E-state index contributed by atoms with van der Waals surface area (Å²) < 4.78 is 0. The van der Waals surface area contributed by atoms with Crippen LogP contribution in [0.15, 0.2) is 97.3 Å². The number of aromatic nitrogens is 5. The number of aryl methyl sites for hydroxylation is 1. The summed E-state index contributed by atoms with van der Waals surface area (Å²) in [5.41, 5.74) is 4.92. The molecule has 0 bridgehead atoms. The normalized spacial score (nSPS) is 10.7. The lowest BCUT2D eigenvalue weighted by Gasteiger charge is -2.07. The molecule has 5 nitrogen and oxygen atoms in total. The van der Waals surface area contributed by atoms with Crippen LogP contribution in [0.3, 0.4) is 0 Å². The molecule has 0 aliphatic carbocycles. The van der Waals surface area contributed by atoms with E-state index in [1.807, 2.05) is 104 Å². The van der Waals surface area contributed by atoms with Gasteiger partial charge in [-0.25, -0.2) is 24.9 Å². The van der Waals surface area contributed by atoms with Crippen molar-refractivity contribution in [2.45, 2.75) is 6.92 Å². The zero-order valence-electron chi connectivity index (χ0n) is 17.0. The lowest BCUT2D eigenvalue weighted by molar-refractivity contribution is 0.992. The molecule has 0 saturated carbocycles. The first-order valence-electron chi connectivity index (χ1n) is 10.0. The quantitative estimate of drug-likeness (QED) is 0.390. The van der Waals surface area contributed by atoms with E-state index in [0.717, 1.165) is 33.6 Å². The molecule has 0 aliphatic heterocycles. The Labute approximate surface area is 180 Å². The van der Waals surface area contributed by atoms with Gasteiger partial charge in [0, 0.05) is 34.6 Å². The SMILES string of the molecule is Cc1nc(-c2ccccc2)nc(-c2ccc(-c3cnc(-c4ccccc4)nc3)cc2)n1. The zero-order chi connectivity index (χ0) is 21.0. The second-order valence-corrected chi connectivity index (χ2v) is 7.13. The molecular formula is C26H19N5. The van der Waals surface area contributed by atoms with Crippen LogP contribution in [0.25, 0.3) is 45.3 Å². The van der Waals surface area contributed by atoms with E-state index in [-0.39, 0.29) is 0 Å². The van der Waals surface area contributed by atoms with Crippen molar-refractivity contribution in [3.05, 3.63) is 103 Å². The van der Waals surface area contributed by atoms with Crippen molar-refractivity contribution in [2.75, 3.05) is 0 Å². The standard InChI is InChI=1S/C26H19N5/c1-18-29-25(21-10-6-3-7-11-21)31-26(30-18)22-14-12-19(13-15-22)23-16-27-24(28-17-23)20-8-4-2-5-9-20/h2-17H,1H3. The van der Waals surface area contributed by atoms with E-state index in [1.54, 1.807) is 0 Å². The van der Waals surface area contributed by atoms with E-state index in [0.29, 0.717) is 17.5 Å². The van der Waals surface area contributed by atoms with E-state index in [2.05, 4.69) is 24.9 Å². The van der Waals surface area contributed by atoms with Gasteiger partial charge in [-0.05, 0) is 12.5 Å². The van der Waals surface area contributed by atoms with Crippen LogP contribution in [0, 0.1) is 6.92 Å². The minimum Gasteiger partial charge on any atom is -0.236 e. The van der Waals surface area contributed by atoms with Gasteiger partial charge in [0.15, 0.2) is 17.5 Å². The van der Waals surface area contributed by atoms with E-state index in [1.165, 1.54) is 0 Å². The molecule has 0 fully saturated rings. The number of benzene rings is 3. The predicted molar refractivity (Wildman–Crippen MR) is 122 cm³/mol. The zero-order valence-corrected chi connectivity index (χ0v) is 17.0. The molecule has 0 amide bonds. The average Bonchev–Trinajstić information content (AvgIpc) is 2.85. The average molecular weight is 401 g/mol. The van der Waals surface area contributed by atoms with Crippen LogP contribution < -0.4 is 0 Å². The molecule has 148 valence electrons. The Morgan fingerprint density at radius 2 is 0.871 bits per heavy atom. The molecule has 31 heavy (non-hydrogen) atoms. The lowest BCUT2D eigenvalue weighted by atomic mass is 10.1. The third-order valence-electron chi connectivity index (χ3n) is 4.94. The number of nitrogens with zero attached hydrogens (tertiary/aromatic N) is 5. The molecule has 0 atom stereocenters. The van der Waals surface area contributed by atoms with E-state index in [4.69, 9.17) is 0 Å². The molecule has 0 aliphatic rings. The maximum atomic E-state index is 4.67. The predicted octanol–water partition coefficient (Wildman–Crippen LogP) is 5.64. The maximum absolute atomic E-state index is 4.67. The maximum Gasteiger partial charge on any atom is 0.163 e. The van der Waals surface area contributed by atoms with Gasteiger partial charge in [0.05, 0.1) is 0 Å². The van der Waals surface area contributed by atoms with E-state index >= 15 is 0 Å². The Balaban J connectivity index is 1.42. The first kappa shape index (κ1) is 18.8. The lowest BCUT2D eigenvalue weighted by Crippen LogP contribution is -1.99. The van der Waals surface area contributed by atoms with Crippen molar-refractivity contribution >= 4 is 0 Å². The molecule has 5 aromatic rings. The third-order valence-corrected chi connectivity index (χ3v) is 4.94. The van der Waals surface area contributed by atoms with Crippen LogP contribution in [0.1, 0.15) is 5.82 Å². The van der Waals surface area contributed by atoms with Gasteiger partial charge < -0.3 is 0 Å². The van der Waals surface area contributed by atoms with Gasteiger partial charge >= 0.3 is 0 Å². The van der Waals surface area contributed by atoms with Crippen LogP contribution >= 0.6 is 0 Å². The van der Waals surface area contributed by atoms with Crippen LogP contribution in [0.5, 0.6) is 0 Å². The molecular weight excluding hydrogens is 382 g/mol. The molecule has 0 N–H and O–H groups in total. The molecule has 0 saturated heterocycles. The Kier molecular flexibility index (Phi) is 4.99. The van der Waals surface area contributed by atoms with Crippen molar-refractivity contribution < 1.29 is 0 Å². The second kappa shape index (κ2) is 8.24. The highest BCUT2D eigenvalue weighted by atomic mass is 15.0. The molecule has 0 radical (unpaired) electrons. The second-order valence-electron chi connectivity index (χ2n) is 7.13. The first-order valence-corrected chi connectivity index (χ1v) is 10.0. The highest BCUT2D eigenvalue weighted by Gasteiger charge is 2.09. The van der Waals surface area contributed by atoms with Crippen LogP contribution in [0.2, 0.25) is 0 Å². The first-order chi connectivity index (χ1) is 15.3. The minimum atomic E-state index is 0.661. The van der Waals surface area contributed by atoms with Gasteiger partial charge in [-0.1, -0.05) is 84.9 Å². The summed E-state index contributed by atoms with van der Waals surface area (Å²) >= 11 is 0. The van der Waals surface area contributed by atoms with E-state index < -0.39 is 0 Å². The van der Waals surface area contributed by atoms with Gasteiger partial charge in [0.2, 0.25) is 0 Å². The van der Waals surface area contributed by atoms with Crippen LogP contribution in [0.4, 0.5) is 0 Å². The molecule has 0 spiro atoms. The monoisotopic (exact) mass is 401 g/mol. The van der Waals surface area contributed by atoms with Crippen molar-refractivity contribution in [3.63, 3.8) is 0 Å². The summed E-state index contributed by atoms with van der Waals surface area (Å²) in [6.07, 6.45) is 3.70. The van der Waals surface area contributed by atoms with Crippen molar-refractivity contribution in [1.82, 2.24) is 24.9 Å². The van der Waals surface area contributed by atoms with E-state index in [9.17, 15) is 0 Å². The van der Waals surface area contributed by atoms with Crippen LogP contribution in [-0.2, 0) is 0 Å². The van der Waals surface area contributed by atoms with Gasteiger partial charge in [0.25, 0.3) is 0 Å². The summed E-state index contributed by atoms with van der Waals surface area (Å²) in [6.45, 7) is 1.89. The Morgan fingerprint density at radius 1 is 0.419 bits per heavy atom. The molecule has 3 aromatic carbocycles. The Bertz CT molecular complexity index is 1300. The number of hydrogen-bond donors (Lipinski definition) is 0. The largest absolute Gasteiger partial charge is 0.236 e. The molecule has 0 unspecified atom stereocenters. The summed E-state index contributed by atoms with van der Waals surface area (Å²) in [5, 5.41) is 0. The molecule has 5 rings (SSSR count). The molecule has 2 aromatic heterocycles.